The van der Waals surface area contributed by atoms with Crippen LogP contribution in [0, 0.1) is 5.92 Å². The first-order chi connectivity index (χ1) is 18.2. The Hall–Kier alpha value is -3.72. The van der Waals surface area contributed by atoms with Crippen LogP contribution >= 0.6 is 0 Å². The smallest absolute Gasteiger partial charge is 0.305 e. The molecule has 9 heteroatoms. The highest BCUT2D eigenvalue weighted by Gasteiger charge is 2.27. The highest BCUT2D eigenvalue weighted by molar-refractivity contribution is 5.98. The Kier molecular flexibility index (Phi) is 13.0. The molecule has 38 heavy (non-hydrogen) atoms. The fourth-order valence-electron chi connectivity index (χ4n) is 3.61. The molecule has 3 amide bonds. The summed E-state index contributed by atoms with van der Waals surface area (Å²) in [6, 6.07) is 14.7. The normalized spacial score (nSPS) is 12.3. The predicted octanol–water partition coefficient (Wildman–Crippen LogP) is 3.08. The molecule has 0 bridgehead atoms. The van der Waals surface area contributed by atoms with Crippen LogP contribution in [0.25, 0.3) is 0 Å². The number of nitrogens with one attached hydrogen (secondary N) is 3. The lowest BCUT2D eigenvalue weighted by molar-refractivity contribution is -0.144. The van der Waals surface area contributed by atoms with Gasteiger partial charge in [0.2, 0.25) is 17.7 Å². The molecule has 0 saturated heterocycles. The molecule has 0 radical (unpaired) electrons. The lowest BCUT2D eigenvalue weighted by Crippen LogP contribution is -2.54. The summed E-state index contributed by atoms with van der Waals surface area (Å²) in [7, 11) is 0. The van der Waals surface area contributed by atoms with Crippen LogP contribution in [0.5, 0.6) is 0 Å². The second-order valence-electron chi connectivity index (χ2n) is 9.45. The van der Waals surface area contributed by atoms with E-state index in [1.165, 1.54) is 0 Å². The number of ether oxygens (including phenoxy) is 1. The first-order valence-electron chi connectivity index (χ1n) is 13.1. The summed E-state index contributed by atoms with van der Waals surface area (Å²) in [5.41, 5.74) is 7.87. The molecule has 2 unspecified atom stereocenters. The number of esters is 1. The molecule has 0 fully saturated rings. The van der Waals surface area contributed by atoms with E-state index in [0.717, 1.165) is 11.1 Å². The van der Waals surface area contributed by atoms with Crippen LogP contribution in [0.1, 0.15) is 57.6 Å². The Balaban J connectivity index is 2.12. The lowest BCUT2D eigenvalue weighted by Gasteiger charge is -2.24. The Labute approximate surface area is 224 Å². The van der Waals surface area contributed by atoms with Crippen molar-refractivity contribution in [3.05, 3.63) is 65.7 Å². The fourth-order valence-corrected chi connectivity index (χ4v) is 3.61. The third-order valence-corrected chi connectivity index (χ3v) is 5.93. The molecule has 0 saturated carbocycles. The first-order valence-corrected chi connectivity index (χ1v) is 13.1. The fraction of sp³-hybridized carbons (Fsp3) is 0.448. The molecule has 0 spiro atoms. The molecular weight excluding hydrogens is 484 g/mol. The number of anilines is 1. The van der Waals surface area contributed by atoms with E-state index in [1.807, 2.05) is 30.3 Å². The largest absolute Gasteiger partial charge is 0.461 e. The summed E-state index contributed by atoms with van der Waals surface area (Å²) in [5.74, 6) is -1.61. The summed E-state index contributed by atoms with van der Waals surface area (Å²) in [6.45, 7) is 5.88. The average molecular weight is 525 g/mol. The Bertz CT molecular complexity index is 1040. The van der Waals surface area contributed by atoms with Crippen molar-refractivity contribution in [1.82, 2.24) is 10.6 Å². The van der Waals surface area contributed by atoms with Gasteiger partial charge < -0.3 is 26.4 Å². The van der Waals surface area contributed by atoms with Gasteiger partial charge in [-0.1, -0.05) is 63.2 Å². The molecule has 0 aliphatic heterocycles. The standard InChI is InChI=1S/C29H40N4O5/c1-4-26(34)38-19-22-13-15-23(16-14-22)31-28(36)24(12-8-9-17-30)32-29(37)25(33-27(35)20(2)3)18-21-10-6-5-7-11-21/h5-7,10-11,13-16,20,24-25H,4,8-9,12,17-19,30H2,1-3H3,(H,31,36)(H,32,37)(H,33,35). The minimum absolute atomic E-state index is 0.156. The highest BCUT2D eigenvalue weighted by Crippen LogP contribution is 2.13. The number of nitrogens with two attached hydrogens (primary N) is 1. The second kappa shape index (κ2) is 16.2. The molecule has 2 aromatic carbocycles. The van der Waals surface area contributed by atoms with Crippen molar-refractivity contribution >= 4 is 29.4 Å². The zero-order valence-corrected chi connectivity index (χ0v) is 22.5. The number of carbonyl (C=O) groups excluding carboxylic acids is 4. The van der Waals surface area contributed by atoms with Crippen molar-refractivity contribution in [3.8, 4) is 0 Å². The van der Waals surface area contributed by atoms with Gasteiger partial charge in [-0.05, 0) is 49.1 Å². The number of hydrogen-bond acceptors (Lipinski definition) is 6. The molecule has 0 aliphatic carbocycles. The second-order valence-corrected chi connectivity index (χ2v) is 9.45. The topological polar surface area (TPSA) is 140 Å². The van der Waals surface area contributed by atoms with Gasteiger partial charge in [-0.15, -0.1) is 0 Å². The Morgan fingerprint density at radius 1 is 0.816 bits per heavy atom. The Morgan fingerprint density at radius 2 is 1.47 bits per heavy atom. The van der Waals surface area contributed by atoms with Crippen LogP contribution in [0.2, 0.25) is 0 Å². The molecule has 206 valence electrons. The van der Waals surface area contributed by atoms with E-state index in [4.69, 9.17) is 10.5 Å². The number of benzene rings is 2. The van der Waals surface area contributed by atoms with Gasteiger partial charge in [-0.2, -0.15) is 0 Å². The van der Waals surface area contributed by atoms with E-state index >= 15 is 0 Å². The molecule has 5 N–H and O–H groups in total. The molecule has 2 rings (SSSR count). The van der Waals surface area contributed by atoms with Crippen LogP contribution in [-0.4, -0.2) is 42.3 Å². The summed E-state index contributed by atoms with van der Waals surface area (Å²) in [4.78, 5) is 50.3. The van der Waals surface area contributed by atoms with E-state index in [-0.39, 0.29) is 30.3 Å². The van der Waals surface area contributed by atoms with Crippen molar-refractivity contribution < 1.29 is 23.9 Å². The van der Waals surface area contributed by atoms with Crippen molar-refractivity contribution in [2.45, 2.75) is 71.6 Å². The third kappa shape index (κ3) is 10.7. The molecule has 0 aliphatic rings. The SMILES string of the molecule is CCC(=O)OCc1ccc(NC(=O)C(CCCCN)NC(=O)C(Cc2ccccc2)NC(=O)C(C)C)cc1. The number of hydrogen-bond donors (Lipinski definition) is 4. The molecule has 2 atom stereocenters. The Morgan fingerprint density at radius 3 is 2.08 bits per heavy atom. The monoisotopic (exact) mass is 524 g/mol. The van der Waals surface area contributed by atoms with Gasteiger partial charge in [0, 0.05) is 24.4 Å². The maximum Gasteiger partial charge on any atom is 0.305 e. The summed E-state index contributed by atoms with van der Waals surface area (Å²) >= 11 is 0. The zero-order chi connectivity index (χ0) is 27.9. The molecule has 9 nitrogen and oxygen atoms in total. The molecular formula is C29H40N4O5. The van der Waals surface area contributed by atoms with E-state index in [9.17, 15) is 19.2 Å². The maximum atomic E-state index is 13.3. The molecule has 2 aromatic rings. The van der Waals surface area contributed by atoms with E-state index in [1.54, 1.807) is 45.0 Å². The predicted molar refractivity (Wildman–Crippen MR) is 147 cm³/mol. The van der Waals surface area contributed by atoms with E-state index in [0.29, 0.717) is 44.3 Å². The van der Waals surface area contributed by atoms with Crippen LogP contribution in [0.3, 0.4) is 0 Å². The van der Waals surface area contributed by atoms with Crippen molar-refractivity contribution in [2.75, 3.05) is 11.9 Å². The quantitative estimate of drug-likeness (QED) is 0.209. The minimum Gasteiger partial charge on any atom is -0.461 e. The minimum atomic E-state index is -0.831. The third-order valence-electron chi connectivity index (χ3n) is 5.93. The van der Waals surface area contributed by atoms with Gasteiger partial charge in [0.05, 0.1) is 0 Å². The van der Waals surface area contributed by atoms with Crippen LogP contribution in [-0.2, 0) is 36.9 Å². The maximum absolute atomic E-state index is 13.3. The summed E-state index contributed by atoms with van der Waals surface area (Å²) in [6.07, 6.45) is 2.36. The van der Waals surface area contributed by atoms with Gasteiger partial charge in [0.25, 0.3) is 0 Å². The molecule has 0 heterocycles. The van der Waals surface area contributed by atoms with E-state index in [2.05, 4.69) is 16.0 Å². The number of carbonyl (C=O) groups is 4. The van der Waals surface area contributed by atoms with E-state index < -0.39 is 18.0 Å². The van der Waals surface area contributed by atoms with Gasteiger partial charge in [0.1, 0.15) is 18.7 Å². The van der Waals surface area contributed by atoms with Crippen molar-refractivity contribution in [1.29, 1.82) is 0 Å². The van der Waals surface area contributed by atoms with Gasteiger partial charge in [-0.3, -0.25) is 19.2 Å². The van der Waals surface area contributed by atoms with Crippen molar-refractivity contribution in [3.63, 3.8) is 0 Å². The molecule has 0 aromatic heterocycles. The average Bonchev–Trinajstić information content (AvgIpc) is 2.91. The van der Waals surface area contributed by atoms with Crippen LogP contribution in [0.15, 0.2) is 54.6 Å². The number of unbranched alkanes of at least 4 members (excludes halogenated alkanes) is 1. The van der Waals surface area contributed by atoms with Crippen LogP contribution < -0.4 is 21.7 Å². The van der Waals surface area contributed by atoms with Gasteiger partial charge in [0.15, 0.2) is 0 Å². The first kappa shape index (κ1) is 30.5. The van der Waals surface area contributed by atoms with Gasteiger partial charge in [-0.25, -0.2) is 0 Å². The van der Waals surface area contributed by atoms with Crippen molar-refractivity contribution in [2.24, 2.45) is 11.7 Å². The lowest BCUT2D eigenvalue weighted by atomic mass is 10.0. The highest BCUT2D eigenvalue weighted by atomic mass is 16.5. The van der Waals surface area contributed by atoms with Gasteiger partial charge >= 0.3 is 5.97 Å². The number of amides is 3. The number of rotatable bonds is 15. The summed E-state index contributed by atoms with van der Waals surface area (Å²) < 4.78 is 5.13. The summed E-state index contributed by atoms with van der Waals surface area (Å²) in [5, 5.41) is 8.51. The van der Waals surface area contributed by atoms with Crippen LogP contribution in [0.4, 0.5) is 5.69 Å². The zero-order valence-electron chi connectivity index (χ0n) is 22.5.